The van der Waals surface area contributed by atoms with Crippen LogP contribution >= 0.6 is 0 Å². The normalized spacial score (nSPS) is 11.3. The van der Waals surface area contributed by atoms with E-state index < -0.39 is 11.2 Å². The van der Waals surface area contributed by atoms with E-state index in [4.69, 9.17) is 5.11 Å². The lowest BCUT2D eigenvalue weighted by atomic mass is 10.2. The lowest BCUT2D eigenvalue weighted by molar-refractivity contribution is 0.277. The topological polar surface area (TPSA) is 82.0 Å². The van der Waals surface area contributed by atoms with Crippen LogP contribution in [0.5, 0.6) is 0 Å². The summed E-state index contributed by atoms with van der Waals surface area (Å²) < 4.78 is 17.1. The van der Waals surface area contributed by atoms with Gasteiger partial charge in [-0.1, -0.05) is 12.1 Å². The first-order valence-electron chi connectivity index (χ1n) is 7.53. The number of benzene rings is 1. The molecule has 0 unspecified atom stereocenters. The molecule has 8 heteroatoms. The first kappa shape index (κ1) is 16.1. The first-order chi connectivity index (χ1) is 11.5. The lowest BCUT2D eigenvalue weighted by Gasteiger charge is -2.09. The molecule has 0 amide bonds. The molecule has 0 atom stereocenters. The highest BCUT2D eigenvalue weighted by molar-refractivity contribution is 5.70. The van der Waals surface area contributed by atoms with Gasteiger partial charge in [0, 0.05) is 26.7 Å². The largest absolute Gasteiger partial charge is 0.396 e. The Hall–Kier alpha value is -2.74. The predicted octanol–water partition coefficient (Wildman–Crippen LogP) is 0.466. The van der Waals surface area contributed by atoms with Crippen molar-refractivity contribution in [3.63, 3.8) is 0 Å². The molecule has 0 aliphatic heterocycles. The smallest absolute Gasteiger partial charge is 0.332 e. The third-order valence-corrected chi connectivity index (χ3v) is 3.91. The molecule has 0 bridgehead atoms. The summed E-state index contributed by atoms with van der Waals surface area (Å²) in [6.45, 7) is 0.367. The molecule has 0 aliphatic rings. The van der Waals surface area contributed by atoms with Gasteiger partial charge in [-0.05, 0) is 24.1 Å². The van der Waals surface area contributed by atoms with Crippen LogP contribution in [0.3, 0.4) is 0 Å². The zero-order chi connectivity index (χ0) is 17.3. The van der Waals surface area contributed by atoms with Crippen LogP contribution in [0.2, 0.25) is 0 Å². The Morgan fingerprint density at radius 3 is 2.58 bits per heavy atom. The van der Waals surface area contributed by atoms with E-state index in [0.717, 1.165) is 10.1 Å². The summed E-state index contributed by atoms with van der Waals surface area (Å²) in [7, 11) is 1.55. The van der Waals surface area contributed by atoms with Crippen LogP contribution in [0.25, 0.3) is 11.2 Å². The molecule has 3 aromatic rings. The Labute approximate surface area is 136 Å². The van der Waals surface area contributed by atoms with Crippen molar-refractivity contribution in [2.45, 2.75) is 19.5 Å². The van der Waals surface area contributed by atoms with Gasteiger partial charge in [-0.2, -0.15) is 0 Å². The minimum atomic E-state index is -0.465. The van der Waals surface area contributed by atoms with Gasteiger partial charge in [0.15, 0.2) is 11.2 Å². The highest BCUT2D eigenvalue weighted by Crippen LogP contribution is 2.10. The molecule has 1 N–H and O–H groups in total. The summed E-state index contributed by atoms with van der Waals surface area (Å²) in [5, 5.41) is 8.95. The van der Waals surface area contributed by atoms with Crippen LogP contribution in [0.1, 0.15) is 12.0 Å². The number of aliphatic hydroxyl groups excluding tert-OH is 1. The van der Waals surface area contributed by atoms with Crippen molar-refractivity contribution in [2.75, 3.05) is 6.61 Å². The number of imidazole rings is 1. The maximum Gasteiger partial charge on any atom is 0.332 e. The number of hydrogen-bond donors (Lipinski definition) is 1. The summed E-state index contributed by atoms with van der Waals surface area (Å²) in [5.74, 6) is -0.331. The fourth-order valence-electron chi connectivity index (χ4n) is 2.65. The third kappa shape index (κ3) is 2.76. The van der Waals surface area contributed by atoms with E-state index in [2.05, 4.69) is 4.98 Å². The van der Waals surface area contributed by atoms with E-state index in [-0.39, 0.29) is 19.0 Å². The molecule has 0 saturated heterocycles. The zero-order valence-electron chi connectivity index (χ0n) is 13.1. The Kier molecular flexibility index (Phi) is 4.30. The van der Waals surface area contributed by atoms with Crippen LogP contribution in [-0.2, 0) is 20.1 Å². The molecule has 0 saturated carbocycles. The monoisotopic (exact) mass is 332 g/mol. The summed E-state index contributed by atoms with van der Waals surface area (Å²) in [6, 6.07) is 5.97. The average molecular weight is 332 g/mol. The Bertz CT molecular complexity index is 985. The molecule has 24 heavy (non-hydrogen) atoms. The van der Waals surface area contributed by atoms with Gasteiger partial charge >= 0.3 is 5.69 Å². The number of halogens is 1. The van der Waals surface area contributed by atoms with Gasteiger partial charge in [0.2, 0.25) is 0 Å². The maximum atomic E-state index is 13.0. The van der Waals surface area contributed by atoms with Gasteiger partial charge in [0.05, 0.1) is 6.33 Å². The van der Waals surface area contributed by atoms with Crippen LogP contribution in [-0.4, -0.2) is 30.4 Å². The van der Waals surface area contributed by atoms with Crippen LogP contribution in [0.4, 0.5) is 4.39 Å². The van der Waals surface area contributed by atoms with Gasteiger partial charge in [0.1, 0.15) is 5.82 Å². The summed E-state index contributed by atoms with van der Waals surface area (Å²) >= 11 is 0. The molecule has 3 rings (SSSR count). The minimum Gasteiger partial charge on any atom is -0.396 e. The number of aliphatic hydroxyl groups is 1. The van der Waals surface area contributed by atoms with Gasteiger partial charge < -0.3 is 9.67 Å². The summed E-state index contributed by atoms with van der Waals surface area (Å²) in [5.41, 5.74) is 0.506. The molecular formula is C16H17FN4O3. The number of aryl methyl sites for hydroxylation is 1. The van der Waals surface area contributed by atoms with Crippen molar-refractivity contribution in [2.24, 2.45) is 7.05 Å². The van der Waals surface area contributed by atoms with Gasteiger partial charge in [-0.15, -0.1) is 0 Å². The second kappa shape index (κ2) is 6.40. The van der Waals surface area contributed by atoms with Crippen molar-refractivity contribution in [3.05, 3.63) is 62.8 Å². The standard InChI is InChI=1S/C16H17FN4O3/c1-19-14-13(15(23)21(16(19)24)7-2-8-22)20(10-18-14)9-11-3-5-12(17)6-4-11/h3-6,10,22H,2,7-9H2,1H3. The molecular weight excluding hydrogens is 315 g/mol. The van der Waals surface area contributed by atoms with Crippen molar-refractivity contribution >= 4 is 11.2 Å². The zero-order valence-corrected chi connectivity index (χ0v) is 13.1. The quantitative estimate of drug-likeness (QED) is 0.736. The van der Waals surface area contributed by atoms with Crippen molar-refractivity contribution in [1.82, 2.24) is 18.7 Å². The number of rotatable bonds is 5. The van der Waals surface area contributed by atoms with Gasteiger partial charge in [0.25, 0.3) is 5.56 Å². The molecule has 0 spiro atoms. The van der Waals surface area contributed by atoms with E-state index >= 15 is 0 Å². The highest BCUT2D eigenvalue weighted by Gasteiger charge is 2.16. The second-order valence-electron chi connectivity index (χ2n) is 5.55. The second-order valence-corrected chi connectivity index (χ2v) is 5.55. The number of nitrogens with zero attached hydrogens (tertiary/aromatic N) is 4. The summed E-state index contributed by atoms with van der Waals surface area (Å²) in [4.78, 5) is 29.1. The van der Waals surface area contributed by atoms with E-state index in [1.807, 2.05) is 0 Å². The van der Waals surface area contributed by atoms with Crippen molar-refractivity contribution in [3.8, 4) is 0 Å². The van der Waals surface area contributed by atoms with Crippen molar-refractivity contribution in [1.29, 1.82) is 0 Å². The predicted molar refractivity (Wildman–Crippen MR) is 86.4 cm³/mol. The van der Waals surface area contributed by atoms with Crippen LogP contribution in [0.15, 0.2) is 40.2 Å². The SMILES string of the molecule is Cn1c(=O)n(CCCO)c(=O)c2c1ncn2Cc1ccc(F)cc1. The maximum absolute atomic E-state index is 13.0. The van der Waals surface area contributed by atoms with Crippen LogP contribution < -0.4 is 11.2 Å². The first-order valence-corrected chi connectivity index (χ1v) is 7.53. The number of fused-ring (bicyclic) bond motifs is 1. The third-order valence-electron chi connectivity index (χ3n) is 3.91. The Balaban J connectivity index is 2.13. The van der Waals surface area contributed by atoms with E-state index in [1.54, 1.807) is 23.7 Å². The highest BCUT2D eigenvalue weighted by atomic mass is 19.1. The van der Waals surface area contributed by atoms with Crippen LogP contribution in [0, 0.1) is 5.82 Å². The van der Waals surface area contributed by atoms with E-state index in [1.165, 1.54) is 23.0 Å². The molecule has 0 radical (unpaired) electrons. The van der Waals surface area contributed by atoms with E-state index in [0.29, 0.717) is 24.1 Å². The summed E-state index contributed by atoms with van der Waals surface area (Å²) in [6.07, 6.45) is 1.80. The molecule has 1 aromatic carbocycles. The molecule has 7 nitrogen and oxygen atoms in total. The fraction of sp³-hybridized carbons (Fsp3) is 0.312. The van der Waals surface area contributed by atoms with Crippen molar-refractivity contribution < 1.29 is 9.50 Å². The molecule has 0 fully saturated rings. The Morgan fingerprint density at radius 1 is 1.21 bits per heavy atom. The molecule has 2 aromatic heterocycles. The minimum absolute atomic E-state index is 0.109. The van der Waals surface area contributed by atoms with E-state index in [9.17, 15) is 14.0 Å². The van der Waals surface area contributed by atoms with Gasteiger partial charge in [-0.3, -0.25) is 13.9 Å². The number of hydrogen-bond acceptors (Lipinski definition) is 4. The molecule has 2 heterocycles. The Morgan fingerprint density at radius 2 is 1.92 bits per heavy atom. The molecule has 0 aliphatic carbocycles. The lowest BCUT2D eigenvalue weighted by Crippen LogP contribution is -2.39. The van der Waals surface area contributed by atoms with Gasteiger partial charge in [-0.25, -0.2) is 14.2 Å². The molecule has 126 valence electrons. The fourth-order valence-corrected chi connectivity index (χ4v) is 2.65. The average Bonchev–Trinajstić information content (AvgIpc) is 2.99. The number of aromatic nitrogens is 4.